The van der Waals surface area contributed by atoms with Crippen molar-refractivity contribution in [2.75, 3.05) is 12.9 Å². The minimum Gasteiger partial charge on any atom is -0.495 e. The minimum absolute atomic E-state index is 0.0577. The first-order chi connectivity index (χ1) is 16.4. The third-order valence-corrected chi connectivity index (χ3v) is 8.77. The van der Waals surface area contributed by atoms with Crippen LogP contribution in [0.4, 0.5) is 0 Å². The Morgan fingerprint density at radius 2 is 2.12 bits per heavy atom. The molecule has 2 aliphatic rings. The van der Waals surface area contributed by atoms with Crippen LogP contribution in [0.3, 0.4) is 0 Å². The van der Waals surface area contributed by atoms with E-state index in [2.05, 4.69) is 11.4 Å². The van der Waals surface area contributed by atoms with E-state index in [1.165, 1.54) is 16.6 Å². The molecular weight excluding hydrogens is 468 g/mol. The first kappa shape index (κ1) is 22.9. The highest BCUT2D eigenvalue weighted by molar-refractivity contribution is 7.99. The maximum atomic E-state index is 13.9. The zero-order valence-corrected chi connectivity index (χ0v) is 20.9. The summed E-state index contributed by atoms with van der Waals surface area (Å²) in [5.74, 6) is 0.576. The average Bonchev–Trinajstić information content (AvgIpc) is 3.64. The van der Waals surface area contributed by atoms with Gasteiger partial charge in [-0.2, -0.15) is 5.26 Å². The summed E-state index contributed by atoms with van der Waals surface area (Å²) in [6, 6.07) is 9.60. The summed E-state index contributed by atoms with van der Waals surface area (Å²) in [6.07, 6.45) is 5.96. The van der Waals surface area contributed by atoms with Crippen molar-refractivity contribution in [3.8, 4) is 17.5 Å². The number of benzene rings is 1. The SMILES string of the molecule is COc1ccccc1-n1c(SCC(=O)NC(C)(C#N)C2CC2)nc2sc3c(c2c1=O)CCCC3. The van der Waals surface area contributed by atoms with Gasteiger partial charge in [0.15, 0.2) is 5.16 Å². The van der Waals surface area contributed by atoms with Crippen molar-refractivity contribution in [2.45, 2.75) is 56.1 Å². The van der Waals surface area contributed by atoms with Crippen molar-refractivity contribution in [1.82, 2.24) is 14.9 Å². The molecule has 1 amide bonds. The van der Waals surface area contributed by atoms with Gasteiger partial charge in [-0.1, -0.05) is 23.9 Å². The lowest BCUT2D eigenvalue weighted by atomic mass is 9.97. The summed E-state index contributed by atoms with van der Waals surface area (Å²) >= 11 is 2.80. The van der Waals surface area contributed by atoms with E-state index in [1.54, 1.807) is 29.9 Å². The van der Waals surface area contributed by atoms with Crippen molar-refractivity contribution in [1.29, 1.82) is 5.26 Å². The third-order valence-electron chi connectivity index (χ3n) is 6.64. The maximum absolute atomic E-state index is 13.9. The molecule has 1 atom stereocenters. The fourth-order valence-electron chi connectivity index (χ4n) is 4.65. The van der Waals surface area contributed by atoms with Gasteiger partial charge >= 0.3 is 0 Å². The van der Waals surface area contributed by atoms with Crippen LogP contribution in [-0.2, 0) is 17.6 Å². The molecule has 34 heavy (non-hydrogen) atoms. The predicted molar refractivity (Wildman–Crippen MR) is 134 cm³/mol. The molecule has 1 saturated carbocycles. The number of rotatable bonds is 7. The maximum Gasteiger partial charge on any atom is 0.267 e. The summed E-state index contributed by atoms with van der Waals surface area (Å²) in [4.78, 5) is 33.5. The molecule has 2 aliphatic carbocycles. The molecule has 0 radical (unpaired) electrons. The van der Waals surface area contributed by atoms with Gasteiger partial charge in [0.2, 0.25) is 5.91 Å². The first-order valence-corrected chi connectivity index (χ1v) is 13.3. The second-order valence-corrected chi connectivity index (χ2v) is 11.0. The van der Waals surface area contributed by atoms with Gasteiger partial charge in [0.25, 0.3) is 5.56 Å². The van der Waals surface area contributed by atoms with E-state index in [9.17, 15) is 14.9 Å². The lowest BCUT2D eigenvalue weighted by molar-refractivity contribution is -0.119. The number of methoxy groups -OCH3 is 1. The van der Waals surface area contributed by atoms with Gasteiger partial charge in [0.1, 0.15) is 16.1 Å². The van der Waals surface area contributed by atoms with Gasteiger partial charge in [-0.05, 0) is 69.1 Å². The fourth-order valence-corrected chi connectivity index (χ4v) is 6.76. The van der Waals surface area contributed by atoms with Gasteiger partial charge in [0.05, 0.1) is 30.0 Å². The van der Waals surface area contributed by atoms with Crippen LogP contribution < -0.4 is 15.6 Å². The van der Waals surface area contributed by atoms with Crippen LogP contribution in [0.25, 0.3) is 15.9 Å². The molecule has 1 unspecified atom stereocenters. The molecule has 1 fully saturated rings. The quantitative estimate of drug-likeness (QED) is 0.390. The van der Waals surface area contributed by atoms with Crippen molar-refractivity contribution in [3.05, 3.63) is 45.1 Å². The normalized spacial score (nSPS) is 17.0. The number of aromatic nitrogens is 2. The summed E-state index contributed by atoms with van der Waals surface area (Å²) < 4.78 is 7.12. The fraction of sp³-hybridized carbons (Fsp3) is 0.440. The van der Waals surface area contributed by atoms with Crippen LogP contribution in [0.15, 0.2) is 34.2 Å². The largest absolute Gasteiger partial charge is 0.495 e. The molecule has 7 nitrogen and oxygen atoms in total. The third kappa shape index (κ3) is 4.10. The number of hydrogen-bond donors (Lipinski definition) is 1. The molecule has 3 aromatic rings. The second-order valence-electron chi connectivity index (χ2n) is 9.02. The number of para-hydroxylation sites is 2. The number of thioether (sulfide) groups is 1. The monoisotopic (exact) mass is 494 g/mol. The van der Waals surface area contributed by atoms with Crippen LogP contribution >= 0.6 is 23.1 Å². The molecule has 2 heterocycles. The van der Waals surface area contributed by atoms with Crippen LogP contribution in [0.2, 0.25) is 0 Å². The van der Waals surface area contributed by atoms with Crippen LogP contribution in [0.1, 0.15) is 43.0 Å². The second kappa shape index (κ2) is 9.08. The van der Waals surface area contributed by atoms with Gasteiger partial charge in [0, 0.05) is 4.88 Å². The Bertz CT molecular complexity index is 1370. The number of nitrogens with zero attached hydrogens (tertiary/aromatic N) is 3. The number of thiophene rings is 1. The number of carbonyl (C=O) groups excluding carboxylic acids is 1. The van der Waals surface area contributed by atoms with Gasteiger partial charge in [-0.15, -0.1) is 11.3 Å². The van der Waals surface area contributed by atoms with Crippen LogP contribution in [0, 0.1) is 17.2 Å². The summed E-state index contributed by atoms with van der Waals surface area (Å²) in [5.41, 5.74) is 0.736. The zero-order chi connectivity index (χ0) is 23.9. The molecule has 5 rings (SSSR count). The molecule has 0 saturated heterocycles. The van der Waals surface area contributed by atoms with Crippen molar-refractivity contribution in [2.24, 2.45) is 5.92 Å². The number of nitriles is 1. The number of nitrogens with one attached hydrogen (secondary N) is 1. The van der Waals surface area contributed by atoms with Crippen molar-refractivity contribution in [3.63, 3.8) is 0 Å². The van der Waals surface area contributed by atoms with Gasteiger partial charge in [-0.25, -0.2) is 4.98 Å². The highest BCUT2D eigenvalue weighted by Crippen LogP contribution is 2.39. The van der Waals surface area contributed by atoms with E-state index >= 15 is 0 Å². The topological polar surface area (TPSA) is 97.0 Å². The van der Waals surface area contributed by atoms with E-state index in [0.717, 1.165) is 48.9 Å². The smallest absolute Gasteiger partial charge is 0.267 e. The predicted octanol–water partition coefficient (Wildman–Crippen LogP) is 4.24. The Labute approximate surface area is 206 Å². The van der Waals surface area contributed by atoms with Crippen molar-refractivity contribution >= 4 is 39.2 Å². The molecule has 0 aliphatic heterocycles. The molecular formula is C25H26N4O3S2. The highest BCUT2D eigenvalue weighted by atomic mass is 32.2. The van der Waals surface area contributed by atoms with Gasteiger partial charge < -0.3 is 10.1 Å². The molecule has 9 heteroatoms. The Hall–Kier alpha value is -2.83. The zero-order valence-electron chi connectivity index (χ0n) is 19.2. The molecule has 0 spiro atoms. The van der Waals surface area contributed by atoms with E-state index in [1.807, 2.05) is 24.3 Å². The standard InChI is InChI=1S/C25H26N4O3S2/c1-25(14-26,15-11-12-15)28-20(30)13-33-24-27-22-21(16-7-3-6-10-19(16)34-22)23(31)29(24)17-8-4-5-9-18(17)32-2/h4-5,8-9,15H,3,6-7,10-13H2,1-2H3,(H,28,30). The van der Waals surface area contributed by atoms with Crippen molar-refractivity contribution < 1.29 is 9.53 Å². The number of aryl methyl sites for hydroxylation is 2. The molecule has 176 valence electrons. The van der Waals surface area contributed by atoms with Gasteiger partial charge in [-0.3, -0.25) is 14.2 Å². The Morgan fingerprint density at radius 1 is 1.35 bits per heavy atom. The number of fused-ring (bicyclic) bond motifs is 3. The summed E-state index contributed by atoms with van der Waals surface area (Å²) in [6.45, 7) is 1.78. The lowest BCUT2D eigenvalue weighted by Gasteiger charge is -2.22. The Morgan fingerprint density at radius 3 is 2.85 bits per heavy atom. The number of carbonyl (C=O) groups is 1. The number of hydrogen-bond acceptors (Lipinski definition) is 7. The Balaban J connectivity index is 1.55. The summed E-state index contributed by atoms with van der Waals surface area (Å²) in [7, 11) is 1.57. The van der Waals surface area contributed by atoms with E-state index < -0.39 is 5.54 Å². The molecule has 0 bridgehead atoms. The average molecular weight is 495 g/mol. The van der Waals surface area contributed by atoms with Crippen LogP contribution in [-0.4, -0.2) is 33.9 Å². The van der Waals surface area contributed by atoms with E-state index in [0.29, 0.717) is 22.0 Å². The Kier molecular flexibility index (Phi) is 6.13. The van der Waals surface area contributed by atoms with Crippen LogP contribution in [0.5, 0.6) is 5.75 Å². The summed E-state index contributed by atoms with van der Waals surface area (Å²) in [5, 5.41) is 13.6. The highest BCUT2D eigenvalue weighted by Gasteiger charge is 2.43. The molecule has 1 aromatic carbocycles. The minimum atomic E-state index is -0.857. The number of ether oxygens (including phenoxy) is 1. The molecule has 1 N–H and O–H groups in total. The first-order valence-electron chi connectivity index (χ1n) is 11.5. The number of amides is 1. The molecule has 2 aromatic heterocycles. The van der Waals surface area contributed by atoms with E-state index in [-0.39, 0.29) is 23.1 Å². The van der Waals surface area contributed by atoms with E-state index in [4.69, 9.17) is 9.72 Å². The lowest BCUT2D eigenvalue weighted by Crippen LogP contribution is -2.47.